The van der Waals surface area contributed by atoms with Gasteiger partial charge in [-0.15, -0.1) is 5.06 Å². The first-order chi connectivity index (χ1) is 15.3. The maximum absolute atomic E-state index is 13.2. The van der Waals surface area contributed by atoms with Gasteiger partial charge in [0.2, 0.25) is 0 Å². The number of carbonyl (C=O) groups is 1. The average molecular weight is 452 g/mol. The number of aryl methyl sites for hydroxylation is 1. The first-order valence-electron chi connectivity index (χ1n) is 10.2. The van der Waals surface area contributed by atoms with Crippen LogP contribution < -0.4 is 20.8 Å². The molecule has 32 heavy (non-hydrogen) atoms. The van der Waals surface area contributed by atoms with Crippen LogP contribution in [0.2, 0.25) is 0 Å². The van der Waals surface area contributed by atoms with E-state index in [1.165, 1.54) is 10.9 Å². The lowest BCUT2D eigenvalue weighted by Gasteiger charge is -2.40. The first kappa shape index (κ1) is 22.1. The molecule has 0 radical (unpaired) electrons. The zero-order valence-corrected chi connectivity index (χ0v) is 17.4. The molecule has 0 aliphatic carbocycles. The Kier molecular flexibility index (Phi) is 6.07. The summed E-state index contributed by atoms with van der Waals surface area (Å²) in [6, 6.07) is 9.22. The number of hydroxylamine groups is 1. The van der Waals surface area contributed by atoms with Gasteiger partial charge in [-0.25, -0.2) is 9.78 Å². The van der Waals surface area contributed by atoms with Crippen molar-refractivity contribution in [1.29, 1.82) is 0 Å². The molecule has 2 aliphatic heterocycles. The molecule has 4 rings (SSSR count). The van der Waals surface area contributed by atoms with Gasteiger partial charge in [-0.3, -0.25) is 14.3 Å². The van der Waals surface area contributed by atoms with E-state index in [0.29, 0.717) is 32.7 Å². The van der Waals surface area contributed by atoms with Crippen LogP contribution in [0.1, 0.15) is 12.5 Å². The molecule has 0 amide bonds. The van der Waals surface area contributed by atoms with E-state index in [1.807, 2.05) is 35.2 Å². The van der Waals surface area contributed by atoms with Gasteiger partial charge < -0.3 is 15.1 Å². The van der Waals surface area contributed by atoms with Gasteiger partial charge >= 0.3 is 12.1 Å². The fourth-order valence-corrected chi connectivity index (χ4v) is 3.89. The fourth-order valence-electron chi connectivity index (χ4n) is 3.89. The van der Waals surface area contributed by atoms with Gasteiger partial charge in [0, 0.05) is 39.3 Å². The number of carbonyl (C=O) groups excluding carboxylic acids is 1. The molecular formula is C20H23F3N6O3. The van der Waals surface area contributed by atoms with Crippen LogP contribution in [-0.2, 0) is 22.7 Å². The quantitative estimate of drug-likeness (QED) is 0.727. The molecule has 1 atom stereocenters. The summed E-state index contributed by atoms with van der Waals surface area (Å²) in [5.74, 6) is -2.48. The van der Waals surface area contributed by atoms with Gasteiger partial charge in [-0.05, 0) is 12.5 Å². The number of rotatable bonds is 5. The third-order valence-corrected chi connectivity index (χ3v) is 5.41. The molecule has 1 aromatic carbocycles. The summed E-state index contributed by atoms with van der Waals surface area (Å²) in [6.07, 6.45) is -4.90. The molecule has 3 heterocycles. The van der Waals surface area contributed by atoms with Crippen molar-refractivity contribution in [3.05, 3.63) is 52.6 Å². The number of benzene rings is 1. The highest BCUT2D eigenvalue weighted by Gasteiger charge is 2.50. The lowest BCUT2D eigenvalue weighted by Crippen LogP contribution is -2.60. The fraction of sp³-hybridized carbons (Fsp3) is 0.450. The lowest BCUT2D eigenvalue weighted by atomic mass is 10.2. The van der Waals surface area contributed by atoms with Crippen molar-refractivity contribution >= 4 is 17.5 Å². The van der Waals surface area contributed by atoms with E-state index >= 15 is 0 Å². The number of alkyl halides is 3. The minimum atomic E-state index is -5.20. The summed E-state index contributed by atoms with van der Waals surface area (Å²) in [4.78, 5) is 37.5. The van der Waals surface area contributed by atoms with Crippen LogP contribution in [0.5, 0.6) is 0 Å². The van der Waals surface area contributed by atoms with Crippen molar-refractivity contribution in [2.45, 2.75) is 32.5 Å². The first-order valence-corrected chi connectivity index (χ1v) is 10.2. The third kappa shape index (κ3) is 4.15. The van der Waals surface area contributed by atoms with Gasteiger partial charge in [0.25, 0.3) is 5.56 Å². The van der Waals surface area contributed by atoms with E-state index in [9.17, 15) is 22.8 Å². The summed E-state index contributed by atoms with van der Waals surface area (Å²) >= 11 is 0. The van der Waals surface area contributed by atoms with Crippen LogP contribution in [-0.4, -0.2) is 59.1 Å². The smallest absolute Gasteiger partial charge is 0.327 e. The molecule has 1 aromatic heterocycles. The lowest BCUT2D eigenvalue weighted by molar-refractivity contribution is -0.203. The van der Waals surface area contributed by atoms with Gasteiger partial charge in [0.05, 0.1) is 0 Å². The molecule has 0 spiro atoms. The molecule has 1 N–H and O–H groups in total. The van der Waals surface area contributed by atoms with E-state index in [-0.39, 0.29) is 18.1 Å². The second kappa shape index (κ2) is 8.79. The van der Waals surface area contributed by atoms with E-state index in [2.05, 4.69) is 10.3 Å². The van der Waals surface area contributed by atoms with Crippen LogP contribution in [0.3, 0.4) is 0 Å². The Balaban J connectivity index is 1.83. The highest BCUT2D eigenvalue weighted by molar-refractivity contribution is 5.79. The molecule has 172 valence electrons. The maximum Gasteiger partial charge on any atom is 0.493 e. The Morgan fingerprint density at radius 1 is 1.22 bits per heavy atom. The molecule has 9 nitrogen and oxygen atoms in total. The molecule has 1 saturated heterocycles. The number of nitrogens with zero attached hydrogens (tertiary/aromatic N) is 5. The average Bonchev–Trinajstić information content (AvgIpc) is 3.08. The van der Waals surface area contributed by atoms with E-state index in [4.69, 9.17) is 4.84 Å². The maximum atomic E-state index is 13.2. The zero-order valence-electron chi connectivity index (χ0n) is 17.4. The largest absolute Gasteiger partial charge is 0.493 e. The number of halogens is 3. The minimum Gasteiger partial charge on any atom is -0.327 e. The standard InChI is InChI=1S/C20H23F3N6O3/c1-2-26-13-25-16-15(17(26)30)28(12-14-6-4-3-5-7-14)19(27-10-8-24-9-11-27)29(16)32-18(31)20(21,22)23/h3-7,13,19,24H,2,8-12H2,1H3. The van der Waals surface area contributed by atoms with Crippen LogP contribution >= 0.6 is 0 Å². The Labute approximate surface area is 181 Å². The van der Waals surface area contributed by atoms with Crippen molar-refractivity contribution in [2.75, 3.05) is 36.1 Å². The van der Waals surface area contributed by atoms with Gasteiger partial charge in [0.15, 0.2) is 17.8 Å². The molecule has 1 unspecified atom stereocenters. The van der Waals surface area contributed by atoms with Gasteiger partial charge in [-0.2, -0.15) is 13.2 Å². The van der Waals surface area contributed by atoms with E-state index in [0.717, 1.165) is 10.6 Å². The van der Waals surface area contributed by atoms with Crippen LogP contribution in [0, 0.1) is 0 Å². The number of piperazine rings is 1. The van der Waals surface area contributed by atoms with Crippen LogP contribution in [0.25, 0.3) is 0 Å². The Bertz CT molecular complexity index is 1020. The van der Waals surface area contributed by atoms with Crippen molar-refractivity contribution < 1.29 is 22.8 Å². The number of hydrogen-bond donors (Lipinski definition) is 1. The molecule has 0 saturated carbocycles. The normalized spacial score (nSPS) is 19.2. The predicted octanol–water partition coefficient (Wildman–Crippen LogP) is 1.30. The molecule has 12 heteroatoms. The number of aromatic nitrogens is 2. The highest BCUT2D eigenvalue weighted by Crippen LogP contribution is 2.38. The number of fused-ring (bicyclic) bond motifs is 1. The summed E-state index contributed by atoms with van der Waals surface area (Å²) < 4.78 is 40.6. The summed E-state index contributed by atoms with van der Waals surface area (Å²) in [7, 11) is 0. The summed E-state index contributed by atoms with van der Waals surface area (Å²) in [5.41, 5.74) is 0.518. The SMILES string of the molecule is CCn1cnc2c(c1=O)N(Cc1ccccc1)C(N1CCNCC1)N2OC(=O)C(F)(F)F. The minimum absolute atomic E-state index is 0.0942. The van der Waals surface area contributed by atoms with E-state index in [1.54, 1.807) is 11.8 Å². The van der Waals surface area contributed by atoms with Crippen molar-refractivity contribution in [3.8, 4) is 0 Å². The van der Waals surface area contributed by atoms with Crippen molar-refractivity contribution in [3.63, 3.8) is 0 Å². The Morgan fingerprint density at radius 2 is 1.91 bits per heavy atom. The molecule has 0 bridgehead atoms. The topological polar surface area (TPSA) is 82.9 Å². The number of hydrogen-bond acceptors (Lipinski definition) is 8. The monoisotopic (exact) mass is 452 g/mol. The number of anilines is 2. The predicted molar refractivity (Wildman–Crippen MR) is 110 cm³/mol. The van der Waals surface area contributed by atoms with Gasteiger partial charge in [0.1, 0.15) is 6.33 Å². The van der Waals surface area contributed by atoms with Crippen molar-refractivity contribution in [2.24, 2.45) is 0 Å². The van der Waals surface area contributed by atoms with Gasteiger partial charge in [-0.1, -0.05) is 30.3 Å². The molecular weight excluding hydrogens is 429 g/mol. The second-order valence-electron chi connectivity index (χ2n) is 7.46. The third-order valence-electron chi connectivity index (χ3n) is 5.41. The molecule has 2 aromatic rings. The molecule has 2 aliphatic rings. The zero-order chi connectivity index (χ0) is 22.9. The van der Waals surface area contributed by atoms with Crippen LogP contribution in [0.15, 0.2) is 41.5 Å². The summed E-state index contributed by atoms with van der Waals surface area (Å²) in [5, 5.41) is 4.01. The summed E-state index contributed by atoms with van der Waals surface area (Å²) in [6.45, 7) is 4.46. The number of nitrogens with one attached hydrogen (secondary N) is 1. The van der Waals surface area contributed by atoms with E-state index < -0.39 is 24.0 Å². The Morgan fingerprint density at radius 3 is 2.53 bits per heavy atom. The highest BCUT2D eigenvalue weighted by atomic mass is 19.4. The van der Waals surface area contributed by atoms with Crippen molar-refractivity contribution in [1.82, 2.24) is 19.8 Å². The molecule has 1 fully saturated rings. The Hall–Kier alpha value is -3.12. The van der Waals surface area contributed by atoms with Crippen LogP contribution in [0.4, 0.5) is 24.7 Å². The second-order valence-corrected chi connectivity index (χ2v) is 7.46.